The summed E-state index contributed by atoms with van der Waals surface area (Å²) in [5, 5.41) is 51.1. The van der Waals surface area contributed by atoms with Crippen molar-refractivity contribution in [2.45, 2.75) is 51.0 Å². The molecule has 1 atom stereocenters. The van der Waals surface area contributed by atoms with Gasteiger partial charge in [0.15, 0.2) is 0 Å². The van der Waals surface area contributed by atoms with Crippen molar-refractivity contribution < 1.29 is 44.7 Å². The van der Waals surface area contributed by atoms with Crippen LogP contribution in [0.3, 0.4) is 0 Å². The van der Waals surface area contributed by atoms with Gasteiger partial charge in [-0.3, -0.25) is 14.4 Å². The number of nitrogens with two attached hydrogens (primary N) is 6. The number of alkyl halides is 1. The number of ether oxygens (including phenoxy) is 1. The van der Waals surface area contributed by atoms with E-state index in [4.69, 9.17) is 81.1 Å². The van der Waals surface area contributed by atoms with Crippen molar-refractivity contribution in [2.75, 3.05) is 117 Å². The molecular formula is C29H73ClN10O9. The second kappa shape index (κ2) is 64.7. The normalized spacial score (nSPS) is 12.5. The fourth-order valence-corrected chi connectivity index (χ4v) is 2.22. The molecule has 1 unspecified atom stereocenters. The molecule has 2 saturated heterocycles. The number of rotatable bonds is 22. The topological polar surface area (TPSA) is 379 Å². The van der Waals surface area contributed by atoms with Crippen LogP contribution in [0.2, 0.25) is 0 Å². The Morgan fingerprint density at radius 2 is 1.00 bits per heavy atom. The monoisotopic (exact) mass is 741 g/mol. The Morgan fingerprint density at radius 1 is 0.673 bits per heavy atom. The number of carboxylic acid groups (broad SMARTS) is 3. The summed E-state index contributed by atoms with van der Waals surface area (Å²) >= 11 is 5.27. The Kier molecular flexibility index (Phi) is 78.3. The summed E-state index contributed by atoms with van der Waals surface area (Å²) in [6, 6.07) is 0. The summed E-state index contributed by atoms with van der Waals surface area (Å²) in [4.78, 5) is 28.2. The number of aliphatic hydroxyl groups excluding tert-OH is 2. The van der Waals surface area contributed by atoms with Crippen molar-refractivity contribution in [3.8, 4) is 0 Å². The van der Waals surface area contributed by atoms with E-state index in [0.29, 0.717) is 44.5 Å². The highest BCUT2D eigenvalue weighted by Crippen LogP contribution is 2.08. The molecule has 49 heavy (non-hydrogen) atoms. The van der Waals surface area contributed by atoms with Crippen molar-refractivity contribution in [1.29, 1.82) is 0 Å². The minimum Gasteiger partial charge on any atom is -0.483 e. The van der Waals surface area contributed by atoms with Gasteiger partial charge in [0.05, 0.1) is 31.8 Å². The van der Waals surface area contributed by atoms with Crippen LogP contribution in [0.1, 0.15) is 44.9 Å². The van der Waals surface area contributed by atoms with Crippen LogP contribution in [-0.2, 0) is 19.1 Å². The molecule has 0 aromatic rings. The number of unbranched alkanes of at least 4 members (excludes halogenated alkanes) is 1. The lowest BCUT2D eigenvalue weighted by Gasteiger charge is -2.04. The van der Waals surface area contributed by atoms with Gasteiger partial charge in [-0.15, -0.1) is 11.6 Å². The fraction of sp³-hybridized carbons (Fsp3) is 0.897. The number of aliphatic hydroxyl groups is 2. The van der Waals surface area contributed by atoms with Crippen LogP contribution in [0.4, 0.5) is 0 Å². The van der Waals surface area contributed by atoms with E-state index >= 15 is 0 Å². The second-order valence-electron chi connectivity index (χ2n) is 9.45. The molecule has 2 aliphatic rings. The number of aliphatic carboxylic acids is 2. The van der Waals surface area contributed by atoms with Gasteiger partial charge in [-0.1, -0.05) is 0 Å². The summed E-state index contributed by atoms with van der Waals surface area (Å²) in [6.45, 7) is 13.1. The molecule has 0 amide bonds. The van der Waals surface area contributed by atoms with Crippen LogP contribution in [-0.4, -0.2) is 167 Å². The van der Waals surface area contributed by atoms with Crippen LogP contribution in [0, 0.1) is 0 Å². The Hall–Kier alpha value is -1.82. The minimum absolute atomic E-state index is 0.0628. The lowest BCUT2D eigenvalue weighted by Crippen LogP contribution is -2.29. The Bertz CT molecular complexity index is 550. The van der Waals surface area contributed by atoms with E-state index in [2.05, 4.69) is 21.3 Å². The van der Waals surface area contributed by atoms with E-state index in [1.165, 1.54) is 13.1 Å². The van der Waals surface area contributed by atoms with Gasteiger partial charge >= 0.3 is 11.9 Å². The Labute approximate surface area is 298 Å². The molecule has 0 radical (unpaired) electrons. The van der Waals surface area contributed by atoms with Crippen molar-refractivity contribution in [3.05, 3.63) is 0 Å². The second-order valence-corrected chi connectivity index (χ2v) is 9.76. The molecule has 0 saturated carbocycles. The standard InChI is InChI=1S/C8H22N4.C6H10O4.C5H15N3.C3H5ClO.C2H8N2.C2H5N.C2H6O2.CH2O2/c9-3-1-5-11-7-8-12-6-2-4-10;7-5(8)3-1-2-4-6(9)10;6-2-1-4-8-5-3-7;4-1-3-2-5-3;3-1-2-4;1-2-3-1;3-1-2-4;2-1-3/h11-12H,1-10H2;1-4H2,(H,7,8)(H,9,10);8H,1-7H2;3H,1-2H2;1-4H2;3H,1-2H2;3-4H,1-2H2;1H,(H,2,3). The smallest absolute Gasteiger partial charge is 0.303 e. The maximum absolute atomic E-state index is 9.90. The van der Waals surface area contributed by atoms with Gasteiger partial charge in [0.25, 0.3) is 6.47 Å². The fourth-order valence-electron chi connectivity index (χ4n) is 2.04. The molecule has 300 valence electrons. The van der Waals surface area contributed by atoms with E-state index in [-0.39, 0.29) is 32.5 Å². The summed E-state index contributed by atoms with van der Waals surface area (Å²) in [6.07, 6.45) is 4.58. The molecule has 0 bridgehead atoms. The van der Waals surface area contributed by atoms with Crippen LogP contribution in [0.5, 0.6) is 0 Å². The van der Waals surface area contributed by atoms with Crippen LogP contribution >= 0.6 is 11.6 Å². The zero-order chi connectivity index (χ0) is 38.7. The third kappa shape index (κ3) is 122. The predicted octanol–water partition coefficient (Wildman–Crippen LogP) is -3.75. The molecule has 2 fully saturated rings. The molecule has 19 nitrogen and oxygen atoms in total. The zero-order valence-electron chi connectivity index (χ0n) is 29.5. The molecular weight excluding hydrogens is 668 g/mol. The van der Waals surface area contributed by atoms with Crippen LogP contribution < -0.4 is 55.7 Å². The lowest BCUT2D eigenvalue weighted by atomic mass is 10.2. The first-order valence-corrected chi connectivity index (χ1v) is 17.1. The molecule has 0 aromatic carbocycles. The van der Waals surface area contributed by atoms with Gasteiger partial charge in [-0.05, 0) is 71.4 Å². The molecule has 2 heterocycles. The summed E-state index contributed by atoms with van der Waals surface area (Å²) in [5.41, 5.74) is 30.9. The summed E-state index contributed by atoms with van der Waals surface area (Å²) < 4.78 is 4.73. The minimum atomic E-state index is -0.870. The maximum Gasteiger partial charge on any atom is 0.303 e. The van der Waals surface area contributed by atoms with E-state index < -0.39 is 11.9 Å². The third-order valence-electron chi connectivity index (χ3n) is 4.60. The number of carboxylic acids is 2. The molecule has 2 aliphatic heterocycles. The highest BCUT2D eigenvalue weighted by Gasteiger charge is 2.19. The average molecular weight is 741 g/mol. The molecule has 2 rings (SSSR count). The van der Waals surface area contributed by atoms with E-state index in [1.54, 1.807) is 0 Å². The SMILES string of the molecule is C1CN1.ClCC1CO1.NCCCNCCN.NCCCNCCNCCCN.NCCN.O=C(O)CCCCC(=O)O.O=CO.OCCO. The van der Waals surface area contributed by atoms with E-state index in [0.717, 1.165) is 84.8 Å². The zero-order valence-corrected chi connectivity index (χ0v) is 30.3. The highest BCUT2D eigenvalue weighted by molar-refractivity contribution is 6.18. The number of epoxide rings is 1. The third-order valence-corrected chi connectivity index (χ3v) is 4.94. The largest absolute Gasteiger partial charge is 0.483 e. The van der Waals surface area contributed by atoms with Crippen LogP contribution in [0.25, 0.3) is 0 Å². The first-order chi connectivity index (χ1) is 23.6. The summed E-state index contributed by atoms with van der Waals surface area (Å²) in [5.74, 6) is -1.07. The summed E-state index contributed by atoms with van der Waals surface area (Å²) in [7, 11) is 0. The molecule has 20 heteroatoms. The van der Waals surface area contributed by atoms with Crippen molar-refractivity contribution in [2.24, 2.45) is 34.4 Å². The lowest BCUT2D eigenvalue weighted by molar-refractivity contribution is -0.139. The van der Waals surface area contributed by atoms with Crippen molar-refractivity contribution in [1.82, 2.24) is 21.3 Å². The van der Waals surface area contributed by atoms with Crippen molar-refractivity contribution in [3.63, 3.8) is 0 Å². The molecule has 0 aromatic heterocycles. The van der Waals surface area contributed by atoms with Gasteiger partial charge in [0, 0.05) is 65.2 Å². The first kappa shape index (κ1) is 59.3. The highest BCUT2D eigenvalue weighted by atomic mass is 35.5. The Balaban J connectivity index is -0.000000113. The van der Waals surface area contributed by atoms with Gasteiger partial charge in [-0.2, -0.15) is 0 Å². The van der Waals surface area contributed by atoms with Gasteiger partial charge in [0.2, 0.25) is 0 Å². The van der Waals surface area contributed by atoms with Gasteiger partial charge in [0.1, 0.15) is 0 Å². The predicted molar refractivity (Wildman–Crippen MR) is 197 cm³/mol. The maximum atomic E-state index is 9.90. The Morgan fingerprint density at radius 3 is 1.16 bits per heavy atom. The van der Waals surface area contributed by atoms with Gasteiger partial charge in [-0.25, -0.2) is 0 Å². The number of hydrogen-bond donors (Lipinski definition) is 15. The molecule has 21 N–H and O–H groups in total. The van der Waals surface area contributed by atoms with E-state index in [9.17, 15) is 9.59 Å². The number of halogens is 1. The molecule has 0 aliphatic carbocycles. The van der Waals surface area contributed by atoms with Crippen molar-refractivity contribution >= 4 is 30.0 Å². The number of carbonyl (C=O) groups is 3. The van der Waals surface area contributed by atoms with Gasteiger partial charge < -0.3 is 85.9 Å². The first-order valence-electron chi connectivity index (χ1n) is 16.6. The van der Waals surface area contributed by atoms with Crippen LogP contribution in [0.15, 0.2) is 0 Å². The number of nitrogens with one attached hydrogen (secondary N) is 4. The average Bonchev–Trinajstić information content (AvgIpc) is 4.01. The number of hydrogen-bond acceptors (Lipinski definition) is 16. The van der Waals surface area contributed by atoms with E-state index in [1.807, 2.05) is 0 Å². The quantitative estimate of drug-likeness (QED) is 0.0219. The molecule has 0 spiro atoms.